The molecule has 0 aromatic heterocycles. The number of anilines is 1. The number of carboxylic acid groups (broad SMARTS) is 1. The lowest BCUT2D eigenvalue weighted by Crippen LogP contribution is -2.54. The number of aliphatic carboxylic acids is 1. The van der Waals surface area contributed by atoms with E-state index in [1.165, 1.54) is 5.69 Å². The molecule has 0 bridgehead atoms. The van der Waals surface area contributed by atoms with Gasteiger partial charge in [-0.1, -0.05) is 48.5 Å². The number of carbonyl (C=O) groups excluding carboxylic acids is 1. The molecule has 2 unspecified atom stereocenters. The smallest absolute Gasteiger partial charge is 0.324 e. The molecule has 1 spiro atoms. The van der Waals surface area contributed by atoms with Crippen molar-refractivity contribution < 1.29 is 19.4 Å². The molecular weight excluding hydrogens is 400 g/mol. The summed E-state index contributed by atoms with van der Waals surface area (Å²) in [6, 6.07) is 19.3. The van der Waals surface area contributed by atoms with Gasteiger partial charge < -0.3 is 14.7 Å². The summed E-state index contributed by atoms with van der Waals surface area (Å²) in [4.78, 5) is 26.6. The summed E-state index contributed by atoms with van der Waals surface area (Å²) >= 11 is 1.60. The van der Waals surface area contributed by atoms with Gasteiger partial charge in [0.05, 0.1) is 11.8 Å². The molecule has 2 N–H and O–H groups in total. The minimum Gasteiger partial charge on any atom is -0.481 e. The van der Waals surface area contributed by atoms with Crippen LogP contribution in [0, 0.1) is 0 Å². The van der Waals surface area contributed by atoms with E-state index in [1.54, 1.807) is 11.8 Å². The summed E-state index contributed by atoms with van der Waals surface area (Å²) in [5.41, 5.74) is 2.11. The summed E-state index contributed by atoms with van der Waals surface area (Å²) < 4.78 is 5.28. The predicted octanol–water partition coefficient (Wildman–Crippen LogP) is 3.27. The molecule has 158 valence electrons. The second-order valence-electron chi connectivity index (χ2n) is 7.78. The molecule has 6 nitrogen and oxygen atoms in total. The Hall–Kier alpha value is -2.51. The first-order valence-corrected chi connectivity index (χ1v) is 11.1. The van der Waals surface area contributed by atoms with Crippen molar-refractivity contribution in [3.05, 3.63) is 66.2 Å². The predicted molar refractivity (Wildman–Crippen MR) is 117 cm³/mol. The first-order chi connectivity index (χ1) is 14.6. The SMILES string of the molecule is O=C(O)CC1NC(C(=O)OCc2ccccc2)C2(CCN(c3ccccc3)CC2)S1. The summed E-state index contributed by atoms with van der Waals surface area (Å²) in [5, 5.41) is 12.2. The number of thioether (sulfide) groups is 1. The summed E-state index contributed by atoms with van der Waals surface area (Å²) in [5.74, 6) is -1.16. The van der Waals surface area contributed by atoms with Crippen LogP contribution in [0.1, 0.15) is 24.8 Å². The minimum atomic E-state index is -0.866. The zero-order valence-electron chi connectivity index (χ0n) is 16.7. The van der Waals surface area contributed by atoms with Gasteiger partial charge in [-0.05, 0) is 30.5 Å². The molecule has 2 saturated heterocycles. The van der Waals surface area contributed by atoms with E-state index in [2.05, 4.69) is 22.3 Å². The second kappa shape index (κ2) is 9.10. The minimum absolute atomic E-state index is 0.0166. The molecular formula is C23H26N2O4S. The van der Waals surface area contributed by atoms with Crippen molar-refractivity contribution in [2.75, 3.05) is 18.0 Å². The van der Waals surface area contributed by atoms with Gasteiger partial charge in [0.2, 0.25) is 0 Å². The number of hydrogen-bond donors (Lipinski definition) is 2. The third-order valence-corrected chi connectivity index (χ3v) is 7.51. The lowest BCUT2D eigenvalue weighted by atomic mass is 9.88. The number of benzene rings is 2. The number of carboxylic acids is 1. The van der Waals surface area contributed by atoms with Crippen LogP contribution in [-0.2, 0) is 20.9 Å². The molecule has 30 heavy (non-hydrogen) atoms. The highest BCUT2D eigenvalue weighted by atomic mass is 32.2. The van der Waals surface area contributed by atoms with E-state index in [0.717, 1.165) is 31.5 Å². The Morgan fingerprint density at radius 3 is 2.33 bits per heavy atom. The van der Waals surface area contributed by atoms with Gasteiger partial charge in [-0.15, -0.1) is 11.8 Å². The Morgan fingerprint density at radius 1 is 1.07 bits per heavy atom. The fraction of sp³-hybridized carbons (Fsp3) is 0.391. The maximum atomic E-state index is 13.0. The molecule has 2 aromatic carbocycles. The zero-order valence-corrected chi connectivity index (χ0v) is 17.5. The number of nitrogens with zero attached hydrogens (tertiary/aromatic N) is 1. The highest BCUT2D eigenvalue weighted by Gasteiger charge is 2.53. The molecule has 2 aliphatic rings. The molecule has 7 heteroatoms. The molecule has 0 saturated carbocycles. The highest BCUT2D eigenvalue weighted by molar-refractivity contribution is 8.01. The van der Waals surface area contributed by atoms with Crippen LogP contribution in [-0.4, -0.2) is 46.3 Å². The van der Waals surface area contributed by atoms with Gasteiger partial charge in [0.1, 0.15) is 12.6 Å². The zero-order chi connectivity index (χ0) is 21.0. The van der Waals surface area contributed by atoms with Gasteiger partial charge in [0.15, 0.2) is 0 Å². The molecule has 2 aliphatic heterocycles. The molecule has 0 amide bonds. The van der Waals surface area contributed by atoms with Gasteiger partial charge in [0.25, 0.3) is 0 Å². The maximum Gasteiger partial charge on any atom is 0.324 e. The van der Waals surface area contributed by atoms with Crippen molar-refractivity contribution >= 4 is 29.4 Å². The first kappa shape index (κ1) is 20.8. The van der Waals surface area contributed by atoms with Crippen molar-refractivity contribution in [1.82, 2.24) is 5.32 Å². The Morgan fingerprint density at radius 2 is 1.70 bits per heavy atom. The average molecular weight is 427 g/mol. The first-order valence-electron chi connectivity index (χ1n) is 10.2. The van der Waals surface area contributed by atoms with Crippen molar-refractivity contribution in [3.63, 3.8) is 0 Å². The Labute approximate surface area is 180 Å². The van der Waals surface area contributed by atoms with Crippen LogP contribution < -0.4 is 10.2 Å². The van der Waals surface area contributed by atoms with Crippen LogP contribution in [0.3, 0.4) is 0 Å². The van der Waals surface area contributed by atoms with Gasteiger partial charge in [-0.3, -0.25) is 14.9 Å². The van der Waals surface area contributed by atoms with Gasteiger partial charge in [-0.25, -0.2) is 0 Å². The van der Waals surface area contributed by atoms with Crippen molar-refractivity contribution in [1.29, 1.82) is 0 Å². The van der Waals surface area contributed by atoms with E-state index >= 15 is 0 Å². The monoisotopic (exact) mass is 426 g/mol. The van der Waals surface area contributed by atoms with Gasteiger partial charge in [-0.2, -0.15) is 0 Å². The van der Waals surface area contributed by atoms with Crippen LogP contribution in [0.25, 0.3) is 0 Å². The van der Waals surface area contributed by atoms with E-state index in [1.807, 2.05) is 48.5 Å². The number of piperidine rings is 1. The molecule has 0 aliphatic carbocycles. The molecule has 2 atom stereocenters. The number of esters is 1. The standard InChI is InChI=1S/C23H26N2O4S/c26-20(27)15-19-24-21(22(28)29-16-17-7-3-1-4-8-17)23(30-19)11-13-25(14-12-23)18-9-5-2-6-10-18/h1-10,19,21,24H,11-16H2,(H,26,27). The van der Waals surface area contributed by atoms with Crippen LogP contribution in [0.2, 0.25) is 0 Å². The third-order valence-electron chi connectivity index (χ3n) is 5.81. The topological polar surface area (TPSA) is 78.9 Å². The summed E-state index contributed by atoms with van der Waals surface area (Å²) in [6.07, 6.45) is 1.57. The van der Waals surface area contributed by atoms with Crippen molar-refractivity contribution in [2.45, 2.75) is 42.0 Å². The van der Waals surface area contributed by atoms with Crippen LogP contribution in [0.4, 0.5) is 5.69 Å². The normalized spacial score (nSPS) is 22.7. The highest BCUT2D eigenvalue weighted by Crippen LogP contribution is 2.47. The molecule has 0 radical (unpaired) electrons. The number of hydrogen-bond acceptors (Lipinski definition) is 6. The largest absolute Gasteiger partial charge is 0.481 e. The number of rotatable bonds is 6. The van der Waals surface area contributed by atoms with Crippen molar-refractivity contribution in [2.24, 2.45) is 0 Å². The molecule has 2 fully saturated rings. The molecule has 4 rings (SSSR count). The molecule has 2 aromatic rings. The van der Waals surface area contributed by atoms with Crippen LogP contribution in [0.5, 0.6) is 0 Å². The van der Waals surface area contributed by atoms with Gasteiger partial charge >= 0.3 is 11.9 Å². The van der Waals surface area contributed by atoms with E-state index < -0.39 is 12.0 Å². The van der Waals surface area contributed by atoms with E-state index in [4.69, 9.17) is 4.74 Å². The van der Waals surface area contributed by atoms with E-state index in [-0.39, 0.29) is 29.1 Å². The van der Waals surface area contributed by atoms with Crippen molar-refractivity contribution in [3.8, 4) is 0 Å². The number of ether oxygens (including phenoxy) is 1. The molecule has 2 heterocycles. The van der Waals surface area contributed by atoms with Crippen LogP contribution in [0.15, 0.2) is 60.7 Å². The average Bonchev–Trinajstić information content (AvgIpc) is 3.10. The number of carbonyl (C=O) groups is 2. The second-order valence-corrected chi connectivity index (χ2v) is 9.40. The third kappa shape index (κ3) is 4.63. The number of nitrogens with one attached hydrogen (secondary N) is 1. The van der Waals surface area contributed by atoms with Gasteiger partial charge in [0, 0.05) is 23.5 Å². The Kier molecular flexibility index (Phi) is 6.29. The Balaban J connectivity index is 1.46. The lowest BCUT2D eigenvalue weighted by molar-refractivity contribution is -0.148. The fourth-order valence-corrected chi connectivity index (χ4v) is 5.98. The number of para-hydroxylation sites is 1. The summed E-state index contributed by atoms with van der Waals surface area (Å²) in [6.45, 7) is 1.86. The van der Waals surface area contributed by atoms with Crippen LogP contribution >= 0.6 is 11.8 Å². The maximum absolute atomic E-state index is 13.0. The quantitative estimate of drug-likeness (QED) is 0.687. The Bertz CT molecular complexity index is 869. The fourth-order valence-electron chi connectivity index (χ4n) is 4.27. The van der Waals surface area contributed by atoms with E-state index in [0.29, 0.717) is 0 Å². The van der Waals surface area contributed by atoms with E-state index in [9.17, 15) is 14.7 Å². The lowest BCUT2D eigenvalue weighted by Gasteiger charge is -2.42. The summed E-state index contributed by atoms with van der Waals surface area (Å²) in [7, 11) is 0.